The molecule has 0 amide bonds. The van der Waals surface area contributed by atoms with Crippen LogP contribution in [0.1, 0.15) is 17.1 Å². The van der Waals surface area contributed by atoms with Gasteiger partial charge in [-0.05, 0) is 73.5 Å². The van der Waals surface area contributed by atoms with Crippen LogP contribution >= 0.6 is 0 Å². The lowest BCUT2D eigenvalue weighted by molar-refractivity contribution is -0.274. The predicted octanol–water partition coefficient (Wildman–Crippen LogP) is 5.48. The summed E-state index contributed by atoms with van der Waals surface area (Å²) in [5.41, 5.74) is 0.865. The number of hydrogen-bond donors (Lipinski definition) is 1. The Bertz CT molecular complexity index is 1950. The first-order valence-corrected chi connectivity index (χ1v) is 14.3. The summed E-state index contributed by atoms with van der Waals surface area (Å²) in [6, 6.07) is 9.51. The second-order valence-corrected chi connectivity index (χ2v) is 11.6. The molecule has 0 saturated carbocycles. The maximum absolute atomic E-state index is 16.1. The van der Waals surface area contributed by atoms with Gasteiger partial charge in [-0.25, -0.2) is 26.9 Å². The number of sulfone groups is 1. The number of alkyl halides is 3. The fourth-order valence-electron chi connectivity index (χ4n) is 4.70. The van der Waals surface area contributed by atoms with Crippen molar-refractivity contribution in [2.45, 2.75) is 31.7 Å². The van der Waals surface area contributed by atoms with E-state index in [9.17, 15) is 31.1 Å². The van der Waals surface area contributed by atoms with Gasteiger partial charge in [-0.2, -0.15) is 0 Å². The van der Waals surface area contributed by atoms with Crippen LogP contribution in [0.3, 0.4) is 0 Å². The molecule has 2 heterocycles. The van der Waals surface area contributed by atoms with Crippen molar-refractivity contribution >= 4 is 9.84 Å². The highest BCUT2D eigenvalue weighted by Gasteiger charge is 2.31. The van der Waals surface area contributed by atoms with Gasteiger partial charge >= 0.3 is 6.36 Å². The standard InChI is InChI=1S/C28H22F5N5O4S/c1-15-13-37(16(2)35-15)27-23(30)9-18(19-8-22(29)21(14-39)26(11-19)43(3,40)41)10-24(27)38-25(12-34-36-38)17-4-6-20(7-5-17)42-28(31,32)33/h4-13,39H,14H2,1-3H3. The van der Waals surface area contributed by atoms with Gasteiger partial charge in [-0.1, -0.05) is 5.21 Å². The average Bonchev–Trinajstić information content (AvgIpc) is 3.52. The Hall–Kier alpha value is -4.63. The van der Waals surface area contributed by atoms with Crippen molar-refractivity contribution < 1.29 is 40.2 Å². The number of aliphatic hydroxyl groups is 1. The van der Waals surface area contributed by atoms with Gasteiger partial charge < -0.3 is 9.84 Å². The Balaban J connectivity index is 1.74. The molecule has 9 nitrogen and oxygen atoms in total. The van der Waals surface area contributed by atoms with Gasteiger partial charge in [0, 0.05) is 23.6 Å². The van der Waals surface area contributed by atoms with Gasteiger partial charge in [0.15, 0.2) is 9.84 Å². The fourth-order valence-corrected chi connectivity index (χ4v) is 5.65. The Morgan fingerprint density at radius 1 is 0.953 bits per heavy atom. The Labute approximate surface area is 241 Å². The maximum atomic E-state index is 16.1. The van der Waals surface area contributed by atoms with E-state index in [1.807, 2.05) is 0 Å². The van der Waals surface area contributed by atoms with Crippen LogP contribution in [0.15, 0.2) is 65.8 Å². The van der Waals surface area contributed by atoms with Crippen LogP contribution < -0.4 is 4.74 Å². The largest absolute Gasteiger partial charge is 0.573 e. The third kappa shape index (κ3) is 5.99. The molecule has 5 aromatic rings. The van der Waals surface area contributed by atoms with Crippen LogP contribution in [0, 0.1) is 25.5 Å². The molecule has 2 aromatic heterocycles. The topological polar surface area (TPSA) is 112 Å². The van der Waals surface area contributed by atoms with Gasteiger partial charge in [0.1, 0.15) is 28.9 Å². The third-order valence-corrected chi connectivity index (χ3v) is 7.66. The molecule has 0 aliphatic rings. The lowest BCUT2D eigenvalue weighted by Crippen LogP contribution is -2.17. The van der Waals surface area contributed by atoms with Crippen LogP contribution in [0.2, 0.25) is 0 Å². The molecule has 0 spiro atoms. The summed E-state index contributed by atoms with van der Waals surface area (Å²) < 4.78 is 100. The first kappa shape index (κ1) is 29.8. The molecule has 224 valence electrons. The van der Waals surface area contributed by atoms with Crippen molar-refractivity contribution in [3.63, 3.8) is 0 Å². The summed E-state index contributed by atoms with van der Waals surface area (Å²) in [4.78, 5) is 3.87. The van der Waals surface area contributed by atoms with E-state index in [4.69, 9.17) is 0 Å². The third-order valence-electron chi connectivity index (χ3n) is 6.49. The number of rotatable bonds is 7. The van der Waals surface area contributed by atoms with Gasteiger partial charge in [0.05, 0.1) is 34.8 Å². The number of ether oxygens (including phenoxy) is 1. The fraction of sp³-hybridized carbons (Fsp3) is 0.179. The number of imidazole rings is 1. The average molecular weight is 620 g/mol. The first-order chi connectivity index (χ1) is 20.2. The van der Waals surface area contributed by atoms with Crippen molar-refractivity contribution in [2.75, 3.05) is 6.26 Å². The number of benzene rings is 3. The minimum absolute atomic E-state index is 0.00400. The molecule has 0 aliphatic heterocycles. The zero-order chi connectivity index (χ0) is 31.3. The van der Waals surface area contributed by atoms with E-state index in [2.05, 4.69) is 20.0 Å². The molecule has 0 aliphatic carbocycles. The molecule has 43 heavy (non-hydrogen) atoms. The van der Waals surface area contributed by atoms with E-state index in [-0.39, 0.29) is 28.2 Å². The molecule has 0 saturated heterocycles. The molecule has 3 aromatic carbocycles. The minimum Gasteiger partial charge on any atom is -0.406 e. The van der Waals surface area contributed by atoms with E-state index in [1.54, 1.807) is 20.0 Å². The van der Waals surface area contributed by atoms with Crippen molar-refractivity contribution in [3.05, 3.63) is 89.6 Å². The number of halogens is 5. The summed E-state index contributed by atoms with van der Waals surface area (Å²) in [6.45, 7) is 2.48. The monoisotopic (exact) mass is 619 g/mol. The molecule has 0 bridgehead atoms. The lowest BCUT2D eigenvalue weighted by Gasteiger charge is -2.18. The van der Waals surface area contributed by atoms with E-state index in [0.717, 1.165) is 36.6 Å². The molecule has 0 radical (unpaired) electrons. The Kier molecular flexibility index (Phi) is 7.56. The first-order valence-electron chi connectivity index (χ1n) is 12.4. The van der Waals surface area contributed by atoms with Crippen LogP contribution in [-0.2, 0) is 16.4 Å². The zero-order valence-corrected chi connectivity index (χ0v) is 23.5. The summed E-state index contributed by atoms with van der Waals surface area (Å²) in [5.74, 6) is -1.85. The van der Waals surface area contributed by atoms with Crippen molar-refractivity contribution in [3.8, 4) is 39.5 Å². The molecule has 0 unspecified atom stereocenters. The number of aromatic nitrogens is 5. The van der Waals surface area contributed by atoms with Crippen molar-refractivity contribution in [1.82, 2.24) is 24.5 Å². The lowest BCUT2D eigenvalue weighted by atomic mass is 10.0. The van der Waals surface area contributed by atoms with Crippen LogP contribution in [0.25, 0.3) is 33.8 Å². The predicted molar refractivity (Wildman–Crippen MR) is 144 cm³/mol. The SMILES string of the molecule is Cc1cn(-c2c(F)cc(-c3cc(F)c(CO)c(S(C)(=O)=O)c3)cc2-n2nncc2-c2ccc(OC(F)(F)F)cc2)c(C)n1. The summed E-state index contributed by atoms with van der Waals surface area (Å²) in [7, 11) is -3.99. The van der Waals surface area contributed by atoms with Crippen molar-refractivity contribution in [2.24, 2.45) is 0 Å². The molecular weight excluding hydrogens is 597 g/mol. The van der Waals surface area contributed by atoms with Crippen LogP contribution in [-0.4, -0.2) is 50.7 Å². The second-order valence-electron chi connectivity index (χ2n) is 9.59. The molecule has 1 N–H and O–H groups in total. The maximum Gasteiger partial charge on any atom is 0.573 e. The quantitative estimate of drug-likeness (QED) is 0.240. The number of aliphatic hydroxyl groups excluding tert-OH is 1. The highest BCUT2D eigenvalue weighted by molar-refractivity contribution is 7.90. The van der Waals surface area contributed by atoms with Gasteiger partial charge in [-0.3, -0.25) is 4.57 Å². The Morgan fingerprint density at radius 2 is 1.60 bits per heavy atom. The number of hydrogen-bond acceptors (Lipinski definition) is 7. The second kappa shape index (κ2) is 10.9. The highest BCUT2D eigenvalue weighted by atomic mass is 32.2. The molecule has 5 rings (SSSR count). The van der Waals surface area contributed by atoms with E-state index in [1.165, 1.54) is 33.6 Å². The molecular formula is C28H22F5N5O4S. The van der Waals surface area contributed by atoms with E-state index in [0.29, 0.717) is 17.1 Å². The summed E-state index contributed by atoms with van der Waals surface area (Å²) >= 11 is 0. The highest BCUT2D eigenvalue weighted by Crippen LogP contribution is 2.35. The normalized spacial score (nSPS) is 12.1. The molecule has 15 heteroatoms. The van der Waals surface area contributed by atoms with Crippen molar-refractivity contribution in [1.29, 1.82) is 0 Å². The van der Waals surface area contributed by atoms with Gasteiger partial charge in [-0.15, -0.1) is 18.3 Å². The van der Waals surface area contributed by atoms with Gasteiger partial charge in [0.25, 0.3) is 0 Å². The van der Waals surface area contributed by atoms with Crippen LogP contribution in [0.4, 0.5) is 22.0 Å². The molecule has 0 fully saturated rings. The minimum atomic E-state index is -4.88. The smallest absolute Gasteiger partial charge is 0.406 e. The van der Waals surface area contributed by atoms with Crippen LogP contribution in [0.5, 0.6) is 5.75 Å². The molecule has 0 atom stereocenters. The van der Waals surface area contributed by atoms with E-state index < -0.39 is 50.6 Å². The van der Waals surface area contributed by atoms with E-state index >= 15 is 4.39 Å². The number of nitrogens with zero attached hydrogens (tertiary/aromatic N) is 5. The summed E-state index contributed by atoms with van der Waals surface area (Å²) in [5, 5.41) is 17.6. The zero-order valence-electron chi connectivity index (χ0n) is 22.7. The number of aryl methyl sites for hydroxylation is 2. The van der Waals surface area contributed by atoms with Gasteiger partial charge in [0.2, 0.25) is 0 Å². The Morgan fingerprint density at radius 3 is 2.19 bits per heavy atom. The summed E-state index contributed by atoms with van der Waals surface area (Å²) in [6.07, 6.45) is -1.13.